The van der Waals surface area contributed by atoms with E-state index in [-0.39, 0.29) is 28.5 Å². The van der Waals surface area contributed by atoms with E-state index in [0.717, 1.165) is 12.1 Å². The molecule has 7 nitrogen and oxygen atoms in total. The van der Waals surface area contributed by atoms with Crippen LogP contribution in [0.5, 0.6) is 5.75 Å². The summed E-state index contributed by atoms with van der Waals surface area (Å²) >= 11 is 0. The van der Waals surface area contributed by atoms with Crippen LogP contribution in [0.15, 0.2) is 60.0 Å². The van der Waals surface area contributed by atoms with Crippen molar-refractivity contribution in [1.82, 2.24) is 14.8 Å². The third kappa shape index (κ3) is 4.59. The van der Waals surface area contributed by atoms with Gasteiger partial charge in [0.15, 0.2) is 15.4 Å². The Morgan fingerprint density at radius 1 is 1.13 bits per heavy atom. The number of rotatable bonds is 8. The van der Waals surface area contributed by atoms with Crippen LogP contribution in [-0.4, -0.2) is 39.6 Å². The molecule has 0 saturated carbocycles. The van der Waals surface area contributed by atoms with Gasteiger partial charge in [-0.15, -0.1) is 0 Å². The molecule has 3 aromatic rings. The predicted octanol–water partition coefficient (Wildman–Crippen LogP) is 3.10. The van der Waals surface area contributed by atoms with Crippen LogP contribution in [-0.2, 0) is 22.0 Å². The van der Waals surface area contributed by atoms with Gasteiger partial charge in [0.05, 0.1) is 17.2 Å². The smallest absolute Gasteiger partial charge is 0.178 e. The van der Waals surface area contributed by atoms with Crippen molar-refractivity contribution >= 4 is 9.84 Å². The van der Waals surface area contributed by atoms with Crippen molar-refractivity contribution in [3.63, 3.8) is 0 Å². The topological polar surface area (TPSA) is 94.3 Å². The molecule has 0 aliphatic heterocycles. The Labute approximate surface area is 179 Å². The van der Waals surface area contributed by atoms with Gasteiger partial charge in [0.25, 0.3) is 0 Å². The van der Waals surface area contributed by atoms with E-state index in [1.807, 2.05) is 0 Å². The molecule has 0 spiro atoms. The fourth-order valence-corrected chi connectivity index (χ4v) is 4.12. The highest BCUT2D eigenvalue weighted by molar-refractivity contribution is 7.91. The summed E-state index contributed by atoms with van der Waals surface area (Å²) in [6, 6.07) is 8.61. The molecule has 2 aromatic carbocycles. The summed E-state index contributed by atoms with van der Waals surface area (Å²) in [5, 5.41) is 15.6. The average Bonchev–Trinajstić information content (AvgIpc) is 3.20. The van der Waals surface area contributed by atoms with Crippen LogP contribution in [0.2, 0.25) is 0 Å². The first-order valence-corrected chi connectivity index (χ1v) is 11.2. The monoisotopic (exact) mass is 451 g/mol. The van der Waals surface area contributed by atoms with Gasteiger partial charge in [-0.05, 0) is 44.2 Å². The lowest BCUT2D eigenvalue weighted by atomic mass is 9.79. The minimum atomic E-state index is -3.38. The molecule has 0 radical (unpaired) electrons. The Hall–Kier alpha value is -2.85. The van der Waals surface area contributed by atoms with E-state index in [4.69, 9.17) is 4.74 Å². The second-order valence-corrected chi connectivity index (χ2v) is 9.84. The Bertz CT molecular complexity index is 1150. The predicted molar refractivity (Wildman–Crippen MR) is 109 cm³/mol. The highest BCUT2D eigenvalue weighted by Crippen LogP contribution is 2.39. The number of nitrogens with zero attached hydrogens (tertiary/aromatic N) is 3. The standard InChI is InChI=1S/C21H23F2N3O4S/c1-4-31(28,29)17-8-6-16(7-9-17)30-20(2,3)21(27,12-26-14-24-13-25-26)18-10-5-15(22)11-19(18)23/h5-11,13-14,27H,4,12H2,1-3H3. The van der Waals surface area contributed by atoms with Gasteiger partial charge in [-0.25, -0.2) is 26.9 Å². The van der Waals surface area contributed by atoms with Crippen LogP contribution >= 0.6 is 0 Å². The molecule has 1 unspecified atom stereocenters. The van der Waals surface area contributed by atoms with Gasteiger partial charge in [-0.2, -0.15) is 5.10 Å². The third-order valence-electron chi connectivity index (χ3n) is 5.17. The van der Waals surface area contributed by atoms with E-state index in [2.05, 4.69) is 10.1 Å². The summed E-state index contributed by atoms with van der Waals surface area (Å²) < 4.78 is 59.5. The van der Waals surface area contributed by atoms with Gasteiger partial charge in [0.2, 0.25) is 0 Å². The first-order valence-electron chi connectivity index (χ1n) is 9.51. The first kappa shape index (κ1) is 22.8. The maximum atomic E-state index is 14.7. The number of hydrogen-bond acceptors (Lipinski definition) is 6. The molecule has 1 atom stereocenters. The van der Waals surface area contributed by atoms with E-state index in [1.165, 1.54) is 41.6 Å². The molecule has 0 aliphatic rings. The zero-order valence-corrected chi connectivity index (χ0v) is 18.1. The number of benzene rings is 2. The highest BCUT2D eigenvalue weighted by Gasteiger charge is 2.49. The van der Waals surface area contributed by atoms with Crippen molar-refractivity contribution in [3.05, 3.63) is 72.3 Å². The van der Waals surface area contributed by atoms with Crippen LogP contribution < -0.4 is 4.74 Å². The Kier molecular flexibility index (Phi) is 6.15. The lowest BCUT2D eigenvalue weighted by molar-refractivity contribution is -0.135. The van der Waals surface area contributed by atoms with Crippen molar-refractivity contribution < 1.29 is 27.0 Å². The summed E-state index contributed by atoms with van der Waals surface area (Å²) in [5.41, 5.74) is -3.63. The van der Waals surface area contributed by atoms with Gasteiger partial charge in [-0.3, -0.25) is 0 Å². The van der Waals surface area contributed by atoms with Crippen molar-refractivity contribution in [3.8, 4) is 5.75 Å². The van der Waals surface area contributed by atoms with Crippen LogP contribution in [0.3, 0.4) is 0 Å². The average molecular weight is 451 g/mol. The molecule has 0 bridgehead atoms. The minimum absolute atomic E-state index is 0.0415. The van der Waals surface area contributed by atoms with Gasteiger partial charge in [-0.1, -0.05) is 13.0 Å². The Balaban J connectivity index is 2.01. The molecule has 0 amide bonds. The second-order valence-electron chi connectivity index (χ2n) is 7.56. The van der Waals surface area contributed by atoms with E-state index < -0.39 is 32.7 Å². The second kappa shape index (κ2) is 8.35. The molecule has 0 saturated heterocycles. The molecule has 1 aromatic heterocycles. The summed E-state index contributed by atoms with van der Waals surface area (Å²) in [7, 11) is -3.38. The van der Waals surface area contributed by atoms with E-state index in [0.29, 0.717) is 6.07 Å². The summed E-state index contributed by atoms with van der Waals surface area (Å²) in [5.74, 6) is -1.50. The van der Waals surface area contributed by atoms with Crippen molar-refractivity contribution in [2.24, 2.45) is 0 Å². The number of hydrogen-bond donors (Lipinski definition) is 1. The maximum absolute atomic E-state index is 14.7. The van der Waals surface area contributed by atoms with Crippen LogP contribution in [0.4, 0.5) is 8.78 Å². The number of aliphatic hydroxyl groups is 1. The van der Waals surface area contributed by atoms with Crippen molar-refractivity contribution in [1.29, 1.82) is 0 Å². The van der Waals surface area contributed by atoms with Gasteiger partial charge < -0.3 is 9.84 Å². The highest BCUT2D eigenvalue weighted by atomic mass is 32.2. The van der Waals surface area contributed by atoms with Crippen LogP contribution in [0.25, 0.3) is 0 Å². The quantitative estimate of drug-likeness (QED) is 0.566. The largest absolute Gasteiger partial charge is 0.484 e. The Morgan fingerprint density at radius 3 is 2.35 bits per heavy atom. The maximum Gasteiger partial charge on any atom is 0.178 e. The number of ether oxygens (including phenoxy) is 1. The SMILES string of the molecule is CCS(=O)(=O)c1ccc(OC(C)(C)C(O)(Cn2cncn2)c2ccc(F)cc2F)cc1. The normalized spacial score (nSPS) is 14.3. The van der Waals surface area contributed by atoms with Crippen LogP contribution in [0, 0.1) is 11.6 Å². The fourth-order valence-electron chi connectivity index (χ4n) is 3.23. The zero-order valence-electron chi connectivity index (χ0n) is 17.3. The molecular weight excluding hydrogens is 428 g/mol. The van der Waals surface area contributed by atoms with E-state index >= 15 is 0 Å². The van der Waals surface area contributed by atoms with Crippen LogP contribution in [0.1, 0.15) is 26.3 Å². The molecule has 0 aliphatic carbocycles. The molecule has 1 N–H and O–H groups in total. The van der Waals surface area contributed by atoms with Crippen molar-refractivity contribution in [2.75, 3.05) is 5.75 Å². The number of halogens is 2. The molecule has 1 heterocycles. The minimum Gasteiger partial charge on any atom is -0.484 e. The Morgan fingerprint density at radius 2 is 1.81 bits per heavy atom. The molecule has 3 rings (SSSR count). The number of sulfone groups is 1. The lowest BCUT2D eigenvalue weighted by Crippen LogP contribution is -2.54. The summed E-state index contributed by atoms with van der Waals surface area (Å²) in [4.78, 5) is 3.97. The molecule has 10 heteroatoms. The van der Waals surface area contributed by atoms with Gasteiger partial charge in [0, 0.05) is 11.6 Å². The molecule has 166 valence electrons. The fraction of sp³-hybridized carbons (Fsp3) is 0.333. The number of aromatic nitrogens is 3. The molecule has 0 fully saturated rings. The summed E-state index contributed by atoms with van der Waals surface area (Å²) in [6.45, 7) is 4.40. The van der Waals surface area contributed by atoms with Gasteiger partial charge >= 0.3 is 0 Å². The van der Waals surface area contributed by atoms with E-state index in [9.17, 15) is 22.3 Å². The summed E-state index contributed by atoms with van der Waals surface area (Å²) in [6.07, 6.45) is 2.62. The molecular formula is C21H23F2N3O4S. The molecule has 31 heavy (non-hydrogen) atoms. The third-order valence-corrected chi connectivity index (χ3v) is 6.92. The first-order chi connectivity index (χ1) is 14.5. The lowest BCUT2D eigenvalue weighted by Gasteiger charge is -2.42. The van der Waals surface area contributed by atoms with E-state index in [1.54, 1.807) is 20.8 Å². The zero-order chi connectivity index (χ0) is 22.9. The van der Waals surface area contributed by atoms with Crippen molar-refractivity contribution in [2.45, 2.75) is 43.4 Å². The van der Waals surface area contributed by atoms with Gasteiger partial charge in [0.1, 0.15) is 35.6 Å².